The maximum atomic E-state index is 12.7. The van der Waals surface area contributed by atoms with Gasteiger partial charge in [0.25, 0.3) is 5.91 Å². The summed E-state index contributed by atoms with van der Waals surface area (Å²) in [6.45, 7) is 6.20. The Morgan fingerprint density at radius 1 is 1.30 bits per heavy atom. The van der Waals surface area contributed by atoms with Gasteiger partial charge in [-0.1, -0.05) is 6.92 Å². The fourth-order valence-electron chi connectivity index (χ4n) is 3.41. The fourth-order valence-corrected chi connectivity index (χ4v) is 3.41. The third kappa shape index (κ3) is 4.80. The van der Waals surface area contributed by atoms with Crippen molar-refractivity contribution in [1.29, 1.82) is 0 Å². The number of carbonyl (C=O) groups is 2. The number of fused-ring (bicyclic) bond motifs is 1. The molecule has 7 heteroatoms. The van der Waals surface area contributed by atoms with Crippen molar-refractivity contribution in [3.05, 3.63) is 30.0 Å². The van der Waals surface area contributed by atoms with Crippen molar-refractivity contribution in [1.82, 2.24) is 10.2 Å². The Morgan fingerprint density at radius 3 is 2.78 bits per heavy atom. The van der Waals surface area contributed by atoms with Crippen LogP contribution in [0, 0.1) is 0 Å². The Kier molecular flexibility index (Phi) is 6.34. The molecular weight excluding hydrogens is 346 g/mol. The molecule has 0 radical (unpaired) electrons. The molecule has 0 aliphatic carbocycles. The van der Waals surface area contributed by atoms with Crippen LogP contribution in [0.3, 0.4) is 0 Å². The first-order chi connectivity index (χ1) is 13.1. The quantitative estimate of drug-likeness (QED) is 0.728. The fraction of sp³-hybridized carbons (Fsp3) is 0.500. The lowest BCUT2D eigenvalue weighted by Crippen LogP contribution is -3.15. The summed E-state index contributed by atoms with van der Waals surface area (Å²) in [5.41, 5.74) is 1.62. The smallest absolute Gasteiger partial charge is 0.275 e. The molecule has 2 aromatic rings. The van der Waals surface area contributed by atoms with E-state index >= 15 is 0 Å². The molecular formula is C20H28N3O4+. The number of hydrogen-bond acceptors (Lipinski definition) is 4. The van der Waals surface area contributed by atoms with Gasteiger partial charge in [0.15, 0.2) is 6.54 Å². The van der Waals surface area contributed by atoms with Crippen molar-refractivity contribution >= 4 is 22.8 Å². The van der Waals surface area contributed by atoms with Crippen molar-refractivity contribution in [3.8, 4) is 5.75 Å². The molecule has 7 nitrogen and oxygen atoms in total. The van der Waals surface area contributed by atoms with Gasteiger partial charge >= 0.3 is 0 Å². The molecule has 1 aromatic heterocycles. The van der Waals surface area contributed by atoms with E-state index in [0.717, 1.165) is 48.3 Å². The SMILES string of the molecule is CCCNC(=O)C[NH+]1CCN(C(=O)Cc2coc3cc(OC)ccc23)CC1. The Hall–Kier alpha value is -2.54. The molecule has 146 valence electrons. The molecule has 1 aliphatic rings. The first-order valence-electron chi connectivity index (χ1n) is 9.53. The van der Waals surface area contributed by atoms with Crippen LogP contribution in [-0.4, -0.2) is 63.1 Å². The van der Waals surface area contributed by atoms with Gasteiger partial charge in [-0.25, -0.2) is 0 Å². The topological polar surface area (TPSA) is 76.2 Å². The van der Waals surface area contributed by atoms with E-state index in [1.54, 1.807) is 13.4 Å². The number of nitrogens with zero attached hydrogens (tertiary/aromatic N) is 1. The van der Waals surface area contributed by atoms with Crippen LogP contribution in [-0.2, 0) is 16.0 Å². The number of amides is 2. The van der Waals surface area contributed by atoms with Crippen LogP contribution in [0.15, 0.2) is 28.9 Å². The maximum Gasteiger partial charge on any atom is 0.275 e. The van der Waals surface area contributed by atoms with E-state index in [1.165, 1.54) is 4.90 Å². The summed E-state index contributed by atoms with van der Waals surface area (Å²) in [7, 11) is 1.61. The molecule has 27 heavy (non-hydrogen) atoms. The first kappa shape index (κ1) is 19.2. The number of rotatable bonds is 7. The second kappa shape index (κ2) is 8.90. The van der Waals surface area contributed by atoms with E-state index < -0.39 is 0 Å². The van der Waals surface area contributed by atoms with Gasteiger partial charge in [-0.3, -0.25) is 9.59 Å². The normalized spacial score (nSPS) is 15.1. The van der Waals surface area contributed by atoms with Gasteiger partial charge in [-0.05, 0) is 18.6 Å². The van der Waals surface area contributed by atoms with Crippen LogP contribution in [0.1, 0.15) is 18.9 Å². The lowest BCUT2D eigenvalue weighted by atomic mass is 10.1. The molecule has 1 saturated heterocycles. The van der Waals surface area contributed by atoms with Gasteiger partial charge in [0.2, 0.25) is 5.91 Å². The van der Waals surface area contributed by atoms with Crippen molar-refractivity contribution in [2.75, 3.05) is 46.4 Å². The number of hydrogen-bond donors (Lipinski definition) is 2. The third-order valence-electron chi connectivity index (χ3n) is 5.01. The van der Waals surface area contributed by atoms with Crippen molar-refractivity contribution in [2.45, 2.75) is 19.8 Å². The summed E-state index contributed by atoms with van der Waals surface area (Å²) in [5, 5.41) is 3.85. The van der Waals surface area contributed by atoms with E-state index in [0.29, 0.717) is 26.1 Å². The lowest BCUT2D eigenvalue weighted by molar-refractivity contribution is -0.896. The Labute approximate surface area is 159 Å². The third-order valence-corrected chi connectivity index (χ3v) is 5.01. The van der Waals surface area contributed by atoms with Crippen molar-refractivity contribution in [3.63, 3.8) is 0 Å². The number of methoxy groups -OCH3 is 1. The molecule has 0 spiro atoms. The van der Waals surface area contributed by atoms with E-state index in [2.05, 4.69) is 5.32 Å². The number of ether oxygens (including phenoxy) is 1. The van der Waals surface area contributed by atoms with Crippen LogP contribution >= 0.6 is 0 Å². The van der Waals surface area contributed by atoms with Crippen molar-refractivity contribution in [2.24, 2.45) is 0 Å². The molecule has 0 unspecified atom stereocenters. The Balaban J connectivity index is 1.52. The van der Waals surface area contributed by atoms with E-state index in [9.17, 15) is 9.59 Å². The van der Waals surface area contributed by atoms with Crippen LogP contribution in [0.25, 0.3) is 11.0 Å². The van der Waals surface area contributed by atoms with E-state index in [4.69, 9.17) is 9.15 Å². The second-order valence-corrected chi connectivity index (χ2v) is 6.96. The highest BCUT2D eigenvalue weighted by atomic mass is 16.5. The Morgan fingerprint density at radius 2 is 2.07 bits per heavy atom. The summed E-state index contributed by atoms with van der Waals surface area (Å²) in [6, 6.07) is 5.63. The van der Waals surface area contributed by atoms with Gasteiger partial charge in [0.1, 0.15) is 11.3 Å². The number of benzene rings is 1. The molecule has 0 bridgehead atoms. The predicted molar refractivity (Wildman–Crippen MR) is 102 cm³/mol. The predicted octanol–water partition coefficient (Wildman–Crippen LogP) is 0.237. The average molecular weight is 374 g/mol. The van der Waals surface area contributed by atoms with Gasteiger partial charge in [0.05, 0.1) is 46.0 Å². The number of carbonyl (C=O) groups excluding carboxylic acids is 2. The summed E-state index contributed by atoms with van der Waals surface area (Å²) < 4.78 is 10.8. The summed E-state index contributed by atoms with van der Waals surface area (Å²) in [4.78, 5) is 27.6. The number of nitrogens with one attached hydrogen (secondary N) is 2. The highest BCUT2D eigenvalue weighted by Gasteiger charge is 2.25. The molecule has 1 aromatic carbocycles. The Bertz CT molecular complexity index is 794. The number of furan rings is 1. The second-order valence-electron chi connectivity index (χ2n) is 6.96. The molecule has 0 saturated carbocycles. The molecule has 2 N–H and O–H groups in total. The zero-order chi connectivity index (χ0) is 19.2. The minimum absolute atomic E-state index is 0.0897. The van der Waals surface area contributed by atoms with Crippen LogP contribution in [0.2, 0.25) is 0 Å². The van der Waals surface area contributed by atoms with Gasteiger partial charge < -0.3 is 24.3 Å². The van der Waals surface area contributed by atoms with Crippen LogP contribution in [0.4, 0.5) is 0 Å². The van der Waals surface area contributed by atoms with Crippen LogP contribution < -0.4 is 15.0 Å². The number of quaternary nitrogens is 1. The summed E-state index contributed by atoms with van der Waals surface area (Å²) in [6.07, 6.45) is 2.92. The van der Waals surface area contributed by atoms with Crippen LogP contribution in [0.5, 0.6) is 5.75 Å². The first-order valence-corrected chi connectivity index (χ1v) is 9.53. The molecule has 1 aliphatic heterocycles. The zero-order valence-electron chi connectivity index (χ0n) is 16.0. The monoisotopic (exact) mass is 374 g/mol. The van der Waals surface area contributed by atoms with E-state index in [-0.39, 0.29) is 11.8 Å². The minimum atomic E-state index is 0.0897. The standard InChI is InChI=1S/C20H27N3O4/c1-3-6-21-19(24)13-22-7-9-23(10-8-22)20(25)11-15-14-27-18-12-16(26-2)4-5-17(15)18/h4-5,12,14H,3,6-11,13H2,1-2H3,(H,21,24)/p+1. The largest absolute Gasteiger partial charge is 0.497 e. The van der Waals surface area contributed by atoms with Gasteiger partial charge in [-0.2, -0.15) is 0 Å². The lowest BCUT2D eigenvalue weighted by Gasteiger charge is -2.31. The maximum absolute atomic E-state index is 12.7. The van der Waals surface area contributed by atoms with Crippen molar-refractivity contribution < 1.29 is 23.6 Å². The minimum Gasteiger partial charge on any atom is -0.497 e. The van der Waals surface area contributed by atoms with Gasteiger partial charge in [0, 0.05) is 23.6 Å². The average Bonchev–Trinajstić information content (AvgIpc) is 3.08. The molecule has 1 fully saturated rings. The summed E-state index contributed by atoms with van der Waals surface area (Å²) >= 11 is 0. The molecule has 3 rings (SSSR count). The highest BCUT2D eigenvalue weighted by Crippen LogP contribution is 2.26. The molecule has 2 amide bonds. The van der Waals surface area contributed by atoms with E-state index in [1.807, 2.05) is 30.0 Å². The zero-order valence-corrected chi connectivity index (χ0v) is 16.0. The molecule has 2 heterocycles. The molecule has 0 atom stereocenters. The highest BCUT2D eigenvalue weighted by molar-refractivity contribution is 5.88. The summed E-state index contributed by atoms with van der Waals surface area (Å²) in [5.74, 6) is 0.923. The number of piperazine rings is 1. The van der Waals surface area contributed by atoms with Gasteiger partial charge in [-0.15, -0.1) is 0 Å².